The molecule has 0 aliphatic carbocycles. The molecule has 0 atom stereocenters. The van der Waals surface area contributed by atoms with Crippen molar-refractivity contribution >= 4 is 11.9 Å². The summed E-state index contributed by atoms with van der Waals surface area (Å²) >= 11 is 0. The van der Waals surface area contributed by atoms with Gasteiger partial charge in [-0.25, -0.2) is 0 Å². The third-order valence-corrected chi connectivity index (χ3v) is 3.18. The monoisotopic (exact) mass is 282 g/mol. The molecule has 0 saturated heterocycles. The number of aliphatic hydroxyl groups excluding tert-OH is 1. The summed E-state index contributed by atoms with van der Waals surface area (Å²) < 4.78 is 0. The second-order valence-corrected chi connectivity index (χ2v) is 5.77. The number of hydrazone groups is 1. The maximum absolute atomic E-state index is 9.36. The maximum atomic E-state index is 9.36. The molecule has 2 rings (SSSR count). The summed E-state index contributed by atoms with van der Waals surface area (Å²) in [5.41, 5.74) is 1.90. The van der Waals surface area contributed by atoms with Gasteiger partial charge in [0.05, 0.1) is 18.8 Å². The summed E-state index contributed by atoms with van der Waals surface area (Å²) in [6, 6.07) is 20.3. The van der Waals surface area contributed by atoms with Crippen molar-refractivity contribution in [1.29, 1.82) is 0 Å². The summed E-state index contributed by atoms with van der Waals surface area (Å²) in [6.45, 7) is 4.69. The van der Waals surface area contributed by atoms with Crippen LogP contribution in [0, 0.1) is 5.41 Å². The van der Waals surface area contributed by atoms with E-state index in [4.69, 9.17) is 0 Å². The fraction of sp³-hybridized carbons (Fsp3) is 0.278. The zero-order valence-electron chi connectivity index (χ0n) is 12.6. The molecule has 0 saturated carbocycles. The first-order valence-corrected chi connectivity index (χ1v) is 7.13. The van der Waals surface area contributed by atoms with E-state index in [9.17, 15) is 5.11 Å². The van der Waals surface area contributed by atoms with Gasteiger partial charge in [0.1, 0.15) is 0 Å². The molecule has 0 spiro atoms. The SMILES string of the molecule is CC(C)(/C=N/N(Cc1ccccc1)c1ccccc1)CO. The zero-order chi connectivity index (χ0) is 15.1. The quantitative estimate of drug-likeness (QED) is 0.648. The Morgan fingerprint density at radius 3 is 2.14 bits per heavy atom. The lowest BCUT2D eigenvalue weighted by Gasteiger charge is -2.22. The van der Waals surface area contributed by atoms with Crippen LogP contribution in [0.5, 0.6) is 0 Å². The van der Waals surface area contributed by atoms with Crippen molar-refractivity contribution in [3.63, 3.8) is 0 Å². The molecule has 0 aromatic heterocycles. The van der Waals surface area contributed by atoms with Gasteiger partial charge in [-0.2, -0.15) is 5.10 Å². The Kier molecular flexibility index (Phi) is 5.12. The van der Waals surface area contributed by atoms with Crippen molar-refractivity contribution in [2.45, 2.75) is 20.4 Å². The number of hydrogen-bond donors (Lipinski definition) is 1. The minimum atomic E-state index is -0.330. The lowest BCUT2D eigenvalue weighted by atomic mass is 9.97. The van der Waals surface area contributed by atoms with Gasteiger partial charge in [0.2, 0.25) is 0 Å². The van der Waals surface area contributed by atoms with Gasteiger partial charge >= 0.3 is 0 Å². The average Bonchev–Trinajstić information content (AvgIpc) is 2.53. The van der Waals surface area contributed by atoms with Crippen LogP contribution in [0.2, 0.25) is 0 Å². The van der Waals surface area contributed by atoms with E-state index in [-0.39, 0.29) is 12.0 Å². The van der Waals surface area contributed by atoms with Gasteiger partial charge < -0.3 is 5.11 Å². The van der Waals surface area contributed by atoms with Crippen LogP contribution < -0.4 is 5.01 Å². The first-order chi connectivity index (χ1) is 10.1. The Labute approximate surface area is 126 Å². The molecule has 0 amide bonds. The van der Waals surface area contributed by atoms with Crippen molar-refractivity contribution in [1.82, 2.24) is 0 Å². The van der Waals surface area contributed by atoms with Crippen molar-refractivity contribution < 1.29 is 5.11 Å². The highest BCUT2D eigenvalue weighted by atomic mass is 16.3. The van der Waals surface area contributed by atoms with Crippen molar-refractivity contribution in [3.8, 4) is 0 Å². The molecule has 0 radical (unpaired) electrons. The summed E-state index contributed by atoms with van der Waals surface area (Å²) in [5.74, 6) is 0. The number of para-hydroxylation sites is 1. The molecule has 1 N–H and O–H groups in total. The number of hydrogen-bond acceptors (Lipinski definition) is 3. The third-order valence-electron chi connectivity index (χ3n) is 3.18. The second-order valence-electron chi connectivity index (χ2n) is 5.77. The Morgan fingerprint density at radius 1 is 1.00 bits per heavy atom. The summed E-state index contributed by atoms with van der Waals surface area (Å²) in [6.07, 6.45) is 1.81. The lowest BCUT2D eigenvalue weighted by molar-refractivity contribution is 0.216. The van der Waals surface area contributed by atoms with E-state index in [0.717, 1.165) is 5.69 Å². The molecule has 0 aliphatic rings. The number of rotatable bonds is 6. The topological polar surface area (TPSA) is 35.8 Å². The Hall–Kier alpha value is -2.13. The van der Waals surface area contributed by atoms with Gasteiger partial charge in [-0.3, -0.25) is 5.01 Å². The van der Waals surface area contributed by atoms with Crippen LogP contribution in [0.25, 0.3) is 0 Å². The largest absolute Gasteiger partial charge is 0.395 e. The summed E-state index contributed by atoms with van der Waals surface area (Å²) in [7, 11) is 0. The van der Waals surface area contributed by atoms with Crippen LogP contribution in [0.15, 0.2) is 65.8 Å². The highest BCUT2D eigenvalue weighted by Gasteiger charge is 2.14. The molecule has 0 aliphatic heterocycles. The molecule has 0 fully saturated rings. The lowest BCUT2D eigenvalue weighted by Crippen LogP contribution is -2.23. The molecule has 2 aromatic carbocycles. The number of aliphatic hydroxyl groups is 1. The molecule has 21 heavy (non-hydrogen) atoms. The number of nitrogens with zero attached hydrogens (tertiary/aromatic N) is 2. The highest BCUT2D eigenvalue weighted by molar-refractivity contribution is 5.66. The first-order valence-electron chi connectivity index (χ1n) is 7.13. The van der Waals surface area contributed by atoms with Crippen LogP contribution in [0.3, 0.4) is 0 Å². The van der Waals surface area contributed by atoms with Gasteiger partial charge in [-0.1, -0.05) is 62.4 Å². The molecule has 110 valence electrons. The zero-order valence-corrected chi connectivity index (χ0v) is 12.6. The average molecular weight is 282 g/mol. The number of benzene rings is 2. The van der Waals surface area contributed by atoms with Crippen molar-refractivity contribution in [2.75, 3.05) is 11.6 Å². The Bertz CT molecular complexity index is 564. The van der Waals surface area contributed by atoms with Gasteiger partial charge in [-0.05, 0) is 17.7 Å². The highest BCUT2D eigenvalue weighted by Crippen LogP contribution is 2.18. The Balaban J connectivity index is 2.23. The smallest absolute Gasteiger partial charge is 0.0666 e. The summed E-state index contributed by atoms with van der Waals surface area (Å²) in [4.78, 5) is 0. The van der Waals surface area contributed by atoms with Crippen LogP contribution in [0.4, 0.5) is 5.69 Å². The van der Waals surface area contributed by atoms with Crippen LogP contribution >= 0.6 is 0 Å². The number of anilines is 1. The molecule has 0 unspecified atom stereocenters. The minimum Gasteiger partial charge on any atom is -0.395 e. The van der Waals surface area contributed by atoms with Crippen LogP contribution in [-0.4, -0.2) is 17.9 Å². The molecule has 3 heteroatoms. The van der Waals surface area contributed by atoms with E-state index in [0.29, 0.717) is 6.54 Å². The van der Waals surface area contributed by atoms with E-state index < -0.39 is 0 Å². The minimum absolute atomic E-state index is 0.0739. The molecular formula is C18H22N2O. The van der Waals surface area contributed by atoms with Crippen molar-refractivity contribution in [2.24, 2.45) is 10.5 Å². The molecule has 3 nitrogen and oxygen atoms in total. The van der Waals surface area contributed by atoms with E-state index >= 15 is 0 Å². The van der Waals surface area contributed by atoms with E-state index in [1.54, 1.807) is 0 Å². The van der Waals surface area contributed by atoms with Gasteiger partial charge in [0, 0.05) is 11.6 Å². The van der Waals surface area contributed by atoms with Crippen LogP contribution in [-0.2, 0) is 6.54 Å². The predicted molar refractivity (Wildman–Crippen MR) is 88.4 cm³/mol. The third kappa shape index (κ3) is 4.72. The summed E-state index contributed by atoms with van der Waals surface area (Å²) in [5, 5.41) is 15.9. The predicted octanol–water partition coefficient (Wildman–Crippen LogP) is 3.70. The van der Waals surface area contributed by atoms with E-state index in [2.05, 4.69) is 17.2 Å². The molecular weight excluding hydrogens is 260 g/mol. The standard InChI is InChI=1S/C18H22N2O/c1-18(2,15-21)14-19-20(17-11-7-4-8-12-17)13-16-9-5-3-6-10-16/h3-12,14,21H,13,15H2,1-2H3/b19-14+. The van der Waals surface area contributed by atoms with Crippen LogP contribution in [0.1, 0.15) is 19.4 Å². The molecule has 0 heterocycles. The molecule has 2 aromatic rings. The van der Waals surface area contributed by atoms with E-state index in [1.165, 1.54) is 5.56 Å². The molecule has 0 bridgehead atoms. The Morgan fingerprint density at radius 2 is 1.57 bits per heavy atom. The fourth-order valence-corrected chi connectivity index (χ4v) is 1.82. The fourth-order valence-electron chi connectivity index (χ4n) is 1.82. The van der Waals surface area contributed by atoms with Gasteiger partial charge in [0.25, 0.3) is 0 Å². The maximum Gasteiger partial charge on any atom is 0.0666 e. The normalized spacial score (nSPS) is 11.8. The van der Waals surface area contributed by atoms with E-state index in [1.807, 2.05) is 73.6 Å². The second kappa shape index (κ2) is 7.04. The van der Waals surface area contributed by atoms with Gasteiger partial charge in [0.15, 0.2) is 0 Å². The first kappa shape index (κ1) is 15.3. The van der Waals surface area contributed by atoms with Crippen molar-refractivity contribution in [3.05, 3.63) is 66.2 Å². The van der Waals surface area contributed by atoms with Gasteiger partial charge in [-0.15, -0.1) is 0 Å².